The highest BCUT2D eigenvalue weighted by Gasteiger charge is 2.29. The van der Waals surface area contributed by atoms with Crippen molar-refractivity contribution in [3.63, 3.8) is 0 Å². The van der Waals surface area contributed by atoms with Crippen molar-refractivity contribution in [1.29, 1.82) is 0 Å². The van der Waals surface area contributed by atoms with Gasteiger partial charge in [0.05, 0.1) is 6.54 Å². The van der Waals surface area contributed by atoms with Crippen molar-refractivity contribution in [2.45, 2.75) is 51.2 Å². The van der Waals surface area contributed by atoms with Gasteiger partial charge in [0.25, 0.3) is 0 Å². The molecule has 0 spiro atoms. The Labute approximate surface area is 155 Å². The van der Waals surface area contributed by atoms with Crippen molar-refractivity contribution in [2.24, 2.45) is 0 Å². The molecule has 0 aliphatic carbocycles. The van der Waals surface area contributed by atoms with E-state index in [1.165, 1.54) is 11.1 Å². The average Bonchev–Trinajstić information content (AvgIpc) is 3.06. The van der Waals surface area contributed by atoms with Crippen molar-refractivity contribution in [1.82, 2.24) is 15.0 Å². The van der Waals surface area contributed by atoms with E-state index in [2.05, 4.69) is 53.3 Å². The van der Waals surface area contributed by atoms with Crippen molar-refractivity contribution in [3.05, 3.63) is 84.6 Å². The van der Waals surface area contributed by atoms with Gasteiger partial charge in [0, 0.05) is 18.5 Å². The van der Waals surface area contributed by atoms with E-state index >= 15 is 0 Å². The summed E-state index contributed by atoms with van der Waals surface area (Å²) < 4.78 is 5.54. The van der Waals surface area contributed by atoms with Gasteiger partial charge in [0.15, 0.2) is 5.82 Å². The Morgan fingerprint density at radius 3 is 2.69 bits per heavy atom. The molecule has 1 aliphatic heterocycles. The molecule has 26 heavy (non-hydrogen) atoms. The van der Waals surface area contributed by atoms with Crippen LogP contribution in [0.5, 0.6) is 0 Å². The van der Waals surface area contributed by atoms with Crippen molar-refractivity contribution in [2.75, 3.05) is 0 Å². The zero-order chi connectivity index (χ0) is 18.4. The molecule has 2 aromatic rings. The number of hydrogen-bond donors (Lipinski definition) is 0. The number of hydrogen-bond acceptors (Lipinski definition) is 4. The summed E-state index contributed by atoms with van der Waals surface area (Å²) in [6, 6.07) is 10.9. The molecular formula is C22H27N3O. The molecular weight excluding hydrogens is 322 g/mol. The summed E-state index contributed by atoms with van der Waals surface area (Å²) in [5.74, 6) is 1.41. The third-order valence-electron chi connectivity index (χ3n) is 4.81. The molecule has 0 saturated heterocycles. The number of benzene rings is 1. The molecule has 2 heterocycles. The van der Waals surface area contributed by atoms with Crippen molar-refractivity contribution >= 4 is 0 Å². The smallest absolute Gasteiger partial charge is 0.240 e. The lowest BCUT2D eigenvalue weighted by molar-refractivity contribution is 0.121. The molecule has 136 valence electrons. The summed E-state index contributed by atoms with van der Waals surface area (Å²) in [5.41, 5.74) is 2.61. The van der Waals surface area contributed by atoms with Crippen LogP contribution in [0.2, 0.25) is 0 Å². The van der Waals surface area contributed by atoms with Gasteiger partial charge in [-0.15, -0.1) is 13.2 Å². The van der Waals surface area contributed by atoms with Crippen LogP contribution in [0.15, 0.2) is 71.8 Å². The van der Waals surface area contributed by atoms with Gasteiger partial charge in [-0.25, -0.2) is 0 Å². The summed E-state index contributed by atoms with van der Waals surface area (Å²) in [6.07, 6.45) is 9.91. The fraction of sp³-hybridized carbons (Fsp3) is 0.364. The first-order valence-corrected chi connectivity index (χ1v) is 9.19. The van der Waals surface area contributed by atoms with Crippen molar-refractivity contribution in [3.8, 4) is 0 Å². The first kappa shape index (κ1) is 18.3. The Balaban J connectivity index is 1.74. The summed E-state index contributed by atoms with van der Waals surface area (Å²) >= 11 is 0. The predicted octanol–water partition coefficient (Wildman–Crippen LogP) is 4.70. The van der Waals surface area contributed by atoms with Crippen LogP contribution >= 0.6 is 0 Å². The second kappa shape index (κ2) is 8.77. The lowest BCUT2D eigenvalue weighted by Gasteiger charge is -2.39. The molecule has 0 bridgehead atoms. The third kappa shape index (κ3) is 4.58. The van der Waals surface area contributed by atoms with Crippen LogP contribution in [0, 0.1) is 0 Å². The van der Waals surface area contributed by atoms with Crippen LogP contribution in [-0.4, -0.2) is 27.1 Å². The Bertz CT molecular complexity index is 763. The molecule has 1 aromatic heterocycles. The van der Waals surface area contributed by atoms with Crippen LogP contribution in [0.3, 0.4) is 0 Å². The number of nitrogens with zero attached hydrogens (tertiary/aromatic N) is 3. The monoisotopic (exact) mass is 349 g/mol. The molecule has 4 heteroatoms. The highest BCUT2D eigenvalue weighted by atomic mass is 16.5. The Morgan fingerprint density at radius 2 is 1.96 bits per heavy atom. The molecule has 1 aromatic carbocycles. The minimum atomic E-state index is 0.315. The molecule has 1 aliphatic rings. The quantitative estimate of drug-likeness (QED) is 0.648. The van der Waals surface area contributed by atoms with Crippen molar-refractivity contribution < 1.29 is 4.52 Å². The second-order valence-electron chi connectivity index (χ2n) is 6.93. The van der Waals surface area contributed by atoms with Gasteiger partial charge in [-0.05, 0) is 31.7 Å². The predicted molar refractivity (Wildman–Crippen MR) is 105 cm³/mol. The van der Waals surface area contributed by atoms with Gasteiger partial charge in [0.2, 0.25) is 5.89 Å². The maximum Gasteiger partial charge on any atom is 0.240 e. The van der Waals surface area contributed by atoms with Gasteiger partial charge in [0.1, 0.15) is 0 Å². The summed E-state index contributed by atoms with van der Waals surface area (Å²) in [6.45, 7) is 10.7. The van der Waals surface area contributed by atoms with Crippen LogP contribution < -0.4 is 0 Å². The molecule has 4 nitrogen and oxygen atoms in total. The number of aromatic nitrogens is 2. The Hall–Kier alpha value is -2.46. The van der Waals surface area contributed by atoms with E-state index in [4.69, 9.17) is 4.52 Å². The standard InChI is InChI=1S/C22H27N3O/c1-4-9-19-13-17(3)14-20(10-5-2)25(19)16-22-23-21(24-26-22)15-18-11-7-6-8-12-18/h4-8,11-13,19-20H,1-2,9-10,14-16H2,3H3/t19-,20-/m0/s1. The van der Waals surface area contributed by atoms with E-state index in [1.807, 2.05) is 30.4 Å². The average molecular weight is 349 g/mol. The summed E-state index contributed by atoms with van der Waals surface area (Å²) in [5, 5.41) is 4.17. The van der Waals surface area contributed by atoms with Gasteiger partial charge in [-0.1, -0.05) is 59.3 Å². The van der Waals surface area contributed by atoms with E-state index in [9.17, 15) is 0 Å². The van der Waals surface area contributed by atoms with E-state index in [-0.39, 0.29) is 0 Å². The van der Waals surface area contributed by atoms with Crippen LogP contribution in [-0.2, 0) is 13.0 Å². The second-order valence-corrected chi connectivity index (χ2v) is 6.93. The molecule has 0 radical (unpaired) electrons. The normalized spacial score (nSPS) is 20.6. The van der Waals surface area contributed by atoms with E-state index in [1.54, 1.807) is 0 Å². The van der Waals surface area contributed by atoms with Gasteiger partial charge < -0.3 is 4.52 Å². The summed E-state index contributed by atoms with van der Waals surface area (Å²) in [7, 11) is 0. The Morgan fingerprint density at radius 1 is 1.19 bits per heavy atom. The van der Waals surface area contributed by atoms with Gasteiger partial charge in [-0.3, -0.25) is 4.90 Å². The fourth-order valence-electron chi connectivity index (χ4n) is 3.64. The highest BCUT2D eigenvalue weighted by Crippen LogP contribution is 2.28. The van der Waals surface area contributed by atoms with Crippen LogP contribution in [0.1, 0.15) is 43.5 Å². The molecule has 0 saturated carbocycles. The first-order chi connectivity index (χ1) is 12.7. The van der Waals surface area contributed by atoms with Gasteiger partial charge >= 0.3 is 0 Å². The van der Waals surface area contributed by atoms with E-state index in [0.717, 1.165) is 25.1 Å². The van der Waals surface area contributed by atoms with E-state index < -0.39 is 0 Å². The SMILES string of the molecule is C=CC[C@H]1CC(C)=C[C@H](CC=C)N1Cc1nc(Cc2ccccc2)no1. The van der Waals surface area contributed by atoms with Crippen LogP contribution in [0.4, 0.5) is 0 Å². The molecule has 2 atom stereocenters. The lowest BCUT2D eigenvalue weighted by atomic mass is 9.92. The zero-order valence-electron chi connectivity index (χ0n) is 15.5. The maximum atomic E-state index is 5.54. The first-order valence-electron chi connectivity index (χ1n) is 9.19. The van der Waals surface area contributed by atoms with Gasteiger partial charge in [-0.2, -0.15) is 4.98 Å². The molecule has 0 unspecified atom stereocenters. The maximum absolute atomic E-state index is 5.54. The number of rotatable bonds is 8. The summed E-state index contributed by atoms with van der Waals surface area (Å²) in [4.78, 5) is 7.06. The zero-order valence-corrected chi connectivity index (χ0v) is 15.5. The van der Waals surface area contributed by atoms with E-state index in [0.29, 0.717) is 30.9 Å². The molecule has 3 rings (SSSR count). The third-order valence-corrected chi connectivity index (χ3v) is 4.81. The minimum absolute atomic E-state index is 0.315. The fourth-order valence-corrected chi connectivity index (χ4v) is 3.64. The minimum Gasteiger partial charge on any atom is -0.338 e. The Kier molecular flexibility index (Phi) is 6.18. The lowest BCUT2D eigenvalue weighted by Crippen LogP contribution is -2.44. The highest BCUT2D eigenvalue weighted by molar-refractivity contribution is 5.18. The molecule has 0 fully saturated rings. The molecule has 0 amide bonds. The topological polar surface area (TPSA) is 42.2 Å². The molecule has 0 N–H and O–H groups in total. The largest absolute Gasteiger partial charge is 0.338 e. The van der Waals surface area contributed by atoms with Crippen LogP contribution in [0.25, 0.3) is 0 Å².